The molecule has 1 N–H and O–H groups in total. The second-order valence-electron chi connectivity index (χ2n) is 4.27. The molecule has 2 rings (SSSR count). The van der Waals surface area contributed by atoms with Gasteiger partial charge in [-0.3, -0.25) is 0 Å². The molecule has 2 aromatic rings. The summed E-state index contributed by atoms with van der Waals surface area (Å²) >= 11 is 3.25. The van der Waals surface area contributed by atoms with Crippen molar-refractivity contribution in [3.05, 3.63) is 69.4 Å². The first-order chi connectivity index (χ1) is 8.66. The minimum atomic E-state index is -0.179. The van der Waals surface area contributed by atoms with Gasteiger partial charge in [0, 0.05) is 23.1 Å². The molecule has 94 valence electrons. The highest BCUT2D eigenvalue weighted by molar-refractivity contribution is 9.10. The van der Waals surface area contributed by atoms with E-state index < -0.39 is 0 Å². The molecule has 2 aromatic carbocycles. The lowest BCUT2D eigenvalue weighted by molar-refractivity contribution is 0.587. The minimum Gasteiger partial charge on any atom is -0.309 e. The molecule has 0 spiro atoms. The summed E-state index contributed by atoms with van der Waals surface area (Å²) in [7, 11) is 0. The zero-order chi connectivity index (χ0) is 13.0. The van der Waals surface area contributed by atoms with Crippen LogP contribution in [0, 0.1) is 12.7 Å². The van der Waals surface area contributed by atoms with Crippen LogP contribution in [0.5, 0.6) is 0 Å². The van der Waals surface area contributed by atoms with Gasteiger partial charge in [0.2, 0.25) is 0 Å². The summed E-state index contributed by atoms with van der Waals surface area (Å²) in [6.07, 6.45) is 0. The Bertz CT molecular complexity index is 540. The molecule has 3 heteroatoms. The fourth-order valence-corrected chi connectivity index (χ4v) is 2.14. The molecule has 0 amide bonds. The molecular formula is C15H15BrFN. The number of hydrogen-bond donors (Lipinski definition) is 1. The lowest BCUT2D eigenvalue weighted by Crippen LogP contribution is -2.14. The highest BCUT2D eigenvalue weighted by Gasteiger charge is 2.02. The fourth-order valence-electron chi connectivity index (χ4n) is 1.81. The molecule has 0 heterocycles. The van der Waals surface area contributed by atoms with Crippen molar-refractivity contribution in [1.82, 2.24) is 5.32 Å². The summed E-state index contributed by atoms with van der Waals surface area (Å²) in [6, 6.07) is 13.3. The summed E-state index contributed by atoms with van der Waals surface area (Å²) in [5, 5.41) is 3.26. The van der Waals surface area contributed by atoms with Crippen LogP contribution in [-0.2, 0) is 13.1 Å². The maximum atomic E-state index is 13.6. The Morgan fingerprint density at radius 3 is 2.50 bits per heavy atom. The van der Waals surface area contributed by atoms with Crippen molar-refractivity contribution >= 4 is 15.9 Å². The van der Waals surface area contributed by atoms with Gasteiger partial charge in [0.25, 0.3) is 0 Å². The van der Waals surface area contributed by atoms with Crippen LogP contribution < -0.4 is 5.32 Å². The maximum Gasteiger partial charge on any atom is 0.128 e. The molecule has 0 aliphatic heterocycles. The first kappa shape index (κ1) is 13.2. The molecule has 0 saturated carbocycles. The Morgan fingerprint density at radius 1 is 1.06 bits per heavy atom. The van der Waals surface area contributed by atoms with Crippen molar-refractivity contribution in [1.29, 1.82) is 0 Å². The van der Waals surface area contributed by atoms with Crippen molar-refractivity contribution in [3.63, 3.8) is 0 Å². The standard InChI is InChI=1S/C15H15BrFN/c1-11-4-2-3-5-12(11)9-18-10-13-6-7-14(16)8-15(13)17/h2-8,18H,9-10H2,1H3. The van der Waals surface area contributed by atoms with Crippen LogP contribution in [0.2, 0.25) is 0 Å². The highest BCUT2D eigenvalue weighted by Crippen LogP contribution is 2.15. The summed E-state index contributed by atoms with van der Waals surface area (Å²) < 4.78 is 14.4. The Kier molecular flexibility index (Phi) is 4.50. The van der Waals surface area contributed by atoms with Gasteiger partial charge >= 0.3 is 0 Å². The smallest absolute Gasteiger partial charge is 0.128 e. The van der Waals surface area contributed by atoms with Gasteiger partial charge in [-0.05, 0) is 30.2 Å². The van der Waals surface area contributed by atoms with Gasteiger partial charge in [0.1, 0.15) is 5.82 Å². The minimum absolute atomic E-state index is 0.179. The molecule has 0 unspecified atom stereocenters. The van der Waals surface area contributed by atoms with E-state index in [0.29, 0.717) is 12.1 Å². The van der Waals surface area contributed by atoms with Crippen molar-refractivity contribution in [2.24, 2.45) is 0 Å². The molecule has 0 bridgehead atoms. The quantitative estimate of drug-likeness (QED) is 0.893. The third-order valence-electron chi connectivity index (χ3n) is 2.91. The lowest BCUT2D eigenvalue weighted by atomic mass is 10.1. The van der Waals surface area contributed by atoms with Gasteiger partial charge in [-0.2, -0.15) is 0 Å². The van der Waals surface area contributed by atoms with Crippen LogP contribution in [0.3, 0.4) is 0 Å². The van der Waals surface area contributed by atoms with Crippen LogP contribution in [0.25, 0.3) is 0 Å². The topological polar surface area (TPSA) is 12.0 Å². The monoisotopic (exact) mass is 307 g/mol. The van der Waals surface area contributed by atoms with E-state index in [9.17, 15) is 4.39 Å². The van der Waals surface area contributed by atoms with Crippen molar-refractivity contribution < 1.29 is 4.39 Å². The first-order valence-electron chi connectivity index (χ1n) is 5.86. The molecule has 0 aliphatic rings. The Labute approximate surface area is 115 Å². The van der Waals surface area contributed by atoms with E-state index in [2.05, 4.69) is 40.3 Å². The van der Waals surface area contributed by atoms with E-state index in [-0.39, 0.29) is 5.82 Å². The number of aryl methyl sites for hydroxylation is 1. The largest absolute Gasteiger partial charge is 0.309 e. The zero-order valence-electron chi connectivity index (χ0n) is 10.2. The number of hydrogen-bond acceptors (Lipinski definition) is 1. The normalized spacial score (nSPS) is 10.6. The van der Waals surface area contributed by atoms with E-state index in [1.54, 1.807) is 6.07 Å². The van der Waals surface area contributed by atoms with Crippen molar-refractivity contribution in [2.45, 2.75) is 20.0 Å². The van der Waals surface area contributed by atoms with E-state index in [0.717, 1.165) is 11.0 Å². The summed E-state index contributed by atoms with van der Waals surface area (Å²) in [6.45, 7) is 3.37. The third kappa shape index (κ3) is 3.40. The molecular weight excluding hydrogens is 293 g/mol. The average molecular weight is 308 g/mol. The third-order valence-corrected chi connectivity index (χ3v) is 3.40. The van der Waals surface area contributed by atoms with Crippen LogP contribution in [-0.4, -0.2) is 0 Å². The highest BCUT2D eigenvalue weighted by atomic mass is 79.9. The molecule has 18 heavy (non-hydrogen) atoms. The lowest BCUT2D eigenvalue weighted by Gasteiger charge is -2.08. The van der Waals surface area contributed by atoms with Gasteiger partial charge in [0.15, 0.2) is 0 Å². The molecule has 0 aromatic heterocycles. The van der Waals surface area contributed by atoms with E-state index in [4.69, 9.17) is 0 Å². The Hall–Kier alpha value is -1.19. The summed E-state index contributed by atoms with van der Waals surface area (Å²) in [5.41, 5.74) is 3.18. The SMILES string of the molecule is Cc1ccccc1CNCc1ccc(Br)cc1F. The second kappa shape index (κ2) is 6.12. The van der Waals surface area contributed by atoms with Crippen molar-refractivity contribution in [3.8, 4) is 0 Å². The molecule has 0 radical (unpaired) electrons. The predicted molar refractivity (Wildman–Crippen MR) is 75.8 cm³/mol. The second-order valence-corrected chi connectivity index (χ2v) is 5.18. The number of benzene rings is 2. The van der Waals surface area contributed by atoms with Gasteiger partial charge in [-0.25, -0.2) is 4.39 Å². The average Bonchev–Trinajstić information content (AvgIpc) is 2.34. The van der Waals surface area contributed by atoms with Crippen LogP contribution in [0.15, 0.2) is 46.9 Å². The Balaban J connectivity index is 1.95. The van der Waals surface area contributed by atoms with Crippen LogP contribution in [0.1, 0.15) is 16.7 Å². The molecule has 1 nitrogen and oxygen atoms in total. The van der Waals surface area contributed by atoms with E-state index in [1.807, 2.05) is 18.2 Å². The first-order valence-corrected chi connectivity index (χ1v) is 6.65. The molecule has 0 fully saturated rings. The van der Waals surface area contributed by atoms with Crippen LogP contribution in [0.4, 0.5) is 4.39 Å². The summed E-state index contributed by atoms with van der Waals surface area (Å²) in [5.74, 6) is -0.179. The van der Waals surface area contributed by atoms with Crippen molar-refractivity contribution in [2.75, 3.05) is 0 Å². The van der Waals surface area contributed by atoms with Gasteiger partial charge in [-0.1, -0.05) is 46.3 Å². The predicted octanol–water partition coefficient (Wildman–Crippen LogP) is 4.19. The molecule has 0 saturated heterocycles. The number of halogens is 2. The van der Waals surface area contributed by atoms with Gasteiger partial charge < -0.3 is 5.32 Å². The van der Waals surface area contributed by atoms with Gasteiger partial charge in [-0.15, -0.1) is 0 Å². The van der Waals surface area contributed by atoms with Gasteiger partial charge in [0.05, 0.1) is 0 Å². The van der Waals surface area contributed by atoms with E-state index >= 15 is 0 Å². The fraction of sp³-hybridized carbons (Fsp3) is 0.200. The Morgan fingerprint density at radius 2 is 1.78 bits per heavy atom. The summed E-state index contributed by atoms with van der Waals surface area (Å²) in [4.78, 5) is 0. The van der Waals surface area contributed by atoms with Crippen LogP contribution >= 0.6 is 15.9 Å². The maximum absolute atomic E-state index is 13.6. The van der Waals surface area contributed by atoms with E-state index in [1.165, 1.54) is 17.2 Å². The number of nitrogens with one attached hydrogen (secondary N) is 1. The molecule has 0 atom stereocenters. The molecule has 0 aliphatic carbocycles. The number of rotatable bonds is 4. The zero-order valence-corrected chi connectivity index (χ0v) is 11.8.